The predicted molar refractivity (Wildman–Crippen MR) is 113 cm³/mol. The summed E-state index contributed by atoms with van der Waals surface area (Å²) in [7, 11) is 0. The van der Waals surface area contributed by atoms with Crippen LogP contribution in [0.3, 0.4) is 0 Å². The van der Waals surface area contributed by atoms with E-state index in [9.17, 15) is 0 Å². The Kier molecular flexibility index (Phi) is 5.20. The lowest BCUT2D eigenvalue weighted by atomic mass is 10.2. The minimum Gasteiger partial charge on any atom is -0.307 e. The van der Waals surface area contributed by atoms with Gasteiger partial charge in [0.25, 0.3) is 0 Å². The van der Waals surface area contributed by atoms with Gasteiger partial charge in [0.1, 0.15) is 5.65 Å². The van der Waals surface area contributed by atoms with Crippen molar-refractivity contribution < 1.29 is 0 Å². The van der Waals surface area contributed by atoms with E-state index in [1.807, 2.05) is 41.1 Å². The Hall–Kier alpha value is -2.63. The van der Waals surface area contributed by atoms with E-state index in [1.54, 1.807) is 0 Å². The van der Waals surface area contributed by atoms with Crippen molar-refractivity contribution in [1.29, 1.82) is 0 Å². The summed E-state index contributed by atoms with van der Waals surface area (Å²) in [5.74, 6) is 0. The van der Waals surface area contributed by atoms with Crippen molar-refractivity contribution in [3.05, 3.63) is 87.6 Å². The lowest BCUT2D eigenvalue weighted by molar-refractivity contribution is 0.651. The molecule has 3 heterocycles. The number of rotatable bonds is 6. The van der Waals surface area contributed by atoms with Gasteiger partial charge in [0.05, 0.1) is 17.9 Å². The molecule has 0 radical (unpaired) electrons. The first-order valence-corrected chi connectivity index (χ1v) is 9.81. The lowest BCUT2D eigenvalue weighted by Crippen LogP contribution is -2.14. The van der Waals surface area contributed by atoms with Crippen molar-refractivity contribution in [2.24, 2.45) is 0 Å². The molecule has 144 valence electrons. The van der Waals surface area contributed by atoms with Gasteiger partial charge in [0, 0.05) is 41.3 Å². The normalized spacial score (nSPS) is 11.4. The molecule has 0 amide bonds. The SMILES string of the molecule is Cc1nn(Cc2ccccc2Cl)c(C)c1CNCc1cn2c(C)cccc2n1. The number of fused-ring (bicyclic) bond motifs is 1. The molecule has 1 aromatic carbocycles. The first kappa shape index (κ1) is 18.7. The van der Waals surface area contributed by atoms with Crippen molar-refractivity contribution in [2.45, 2.75) is 40.4 Å². The number of imidazole rings is 1. The van der Waals surface area contributed by atoms with Gasteiger partial charge in [-0.1, -0.05) is 35.9 Å². The van der Waals surface area contributed by atoms with Gasteiger partial charge in [-0.3, -0.25) is 4.68 Å². The topological polar surface area (TPSA) is 47.2 Å². The number of nitrogens with zero attached hydrogens (tertiary/aromatic N) is 4. The van der Waals surface area contributed by atoms with Crippen molar-refractivity contribution in [1.82, 2.24) is 24.5 Å². The quantitative estimate of drug-likeness (QED) is 0.526. The molecule has 0 saturated carbocycles. The van der Waals surface area contributed by atoms with E-state index in [1.165, 1.54) is 11.3 Å². The zero-order valence-corrected chi connectivity index (χ0v) is 17.2. The molecule has 3 aromatic heterocycles. The zero-order valence-electron chi connectivity index (χ0n) is 16.4. The van der Waals surface area contributed by atoms with Crippen LogP contribution in [-0.4, -0.2) is 19.2 Å². The van der Waals surface area contributed by atoms with Crippen LogP contribution in [0.25, 0.3) is 5.65 Å². The molecule has 0 fully saturated rings. The summed E-state index contributed by atoms with van der Waals surface area (Å²) in [6.45, 7) is 8.41. The number of aryl methyl sites for hydroxylation is 2. The predicted octanol–water partition coefficient (Wildman–Crippen LogP) is 4.45. The van der Waals surface area contributed by atoms with Crippen LogP contribution in [0.2, 0.25) is 5.02 Å². The van der Waals surface area contributed by atoms with E-state index in [0.29, 0.717) is 6.54 Å². The van der Waals surface area contributed by atoms with Crippen LogP contribution in [0.1, 0.15) is 33.9 Å². The van der Waals surface area contributed by atoms with E-state index in [-0.39, 0.29) is 0 Å². The number of hydrogen-bond acceptors (Lipinski definition) is 3. The van der Waals surface area contributed by atoms with Gasteiger partial charge in [-0.15, -0.1) is 0 Å². The molecule has 4 rings (SSSR count). The fraction of sp³-hybridized carbons (Fsp3) is 0.273. The Morgan fingerprint density at radius 1 is 1.00 bits per heavy atom. The molecular formula is C22H24ClN5. The van der Waals surface area contributed by atoms with Gasteiger partial charge in [-0.2, -0.15) is 5.10 Å². The molecular weight excluding hydrogens is 370 g/mol. The van der Waals surface area contributed by atoms with E-state index >= 15 is 0 Å². The first-order chi connectivity index (χ1) is 13.5. The fourth-order valence-electron chi connectivity index (χ4n) is 3.53. The minimum absolute atomic E-state index is 0.679. The smallest absolute Gasteiger partial charge is 0.137 e. The van der Waals surface area contributed by atoms with Crippen LogP contribution in [-0.2, 0) is 19.6 Å². The number of benzene rings is 1. The maximum atomic E-state index is 6.31. The second kappa shape index (κ2) is 7.78. The third kappa shape index (κ3) is 3.68. The van der Waals surface area contributed by atoms with Crippen LogP contribution < -0.4 is 5.32 Å². The lowest BCUT2D eigenvalue weighted by Gasteiger charge is -2.08. The molecule has 5 nitrogen and oxygen atoms in total. The van der Waals surface area contributed by atoms with Gasteiger partial charge >= 0.3 is 0 Å². The molecule has 0 unspecified atom stereocenters. The van der Waals surface area contributed by atoms with E-state index in [0.717, 1.165) is 46.4 Å². The number of pyridine rings is 1. The van der Waals surface area contributed by atoms with Crippen molar-refractivity contribution in [2.75, 3.05) is 0 Å². The first-order valence-electron chi connectivity index (χ1n) is 9.43. The molecule has 0 bridgehead atoms. The highest BCUT2D eigenvalue weighted by Crippen LogP contribution is 2.19. The highest BCUT2D eigenvalue weighted by molar-refractivity contribution is 6.31. The fourth-order valence-corrected chi connectivity index (χ4v) is 3.73. The average molecular weight is 394 g/mol. The average Bonchev–Trinajstić information content (AvgIpc) is 3.20. The Morgan fingerprint density at radius 3 is 2.61 bits per heavy atom. The minimum atomic E-state index is 0.679. The molecule has 0 atom stereocenters. The summed E-state index contributed by atoms with van der Waals surface area (Å²) < 4.78 is 4.15. The zero-order chi connectivity index (χ0) is 19.7. The molecule has 1 N–H and O–H groups in total. The number of aromatic nitrogens is 4. The summed E-state index contributed by atoms with van der Waals surface area (Å²) >= 11 is 6.31. The third-order valence-corrected chi connectivity index (χ3v) is 5.53. The highest BCUT2D eigenvalue weighted by Gasteiger charge is 2.13. The highest BCUT2D eigenvalue weighted by atomic mass is 35.5. The van der Waals surface area contributed by atoms with E-state index in [4.69, 9.17) is 16.7 Å². The molecule has 4 aromatic rings. The standard InChI is InChI=1S/C22H24ClN5/c1-15-7-6-10-22-25-19(14-27(15)22)11-24-12-20-16(2)26-28(17(20)3)13-18-8-4-5-9-21(18)23/h4-10,14,24H,11-13H2,1-3H3. The largest absolute Gasteiger partial charge is 0.307 e. The van der Waals surface area contributed by atoms with Crippen LogP contribution in [0.4, 0.5) is 0 Å². The third-order valence-electron chi connectivity index (χ3n) is 5.16. The van der Waals surface area contributed by atoms with Gasteiger partial charge < -0.3 is 9.72 Å². The Morgan fingerprint density at radius 2 is 1.82 bits per heavy atom. The van der Waals surface area contributed by atoms with Crippen molar-refractivity contribution in [3.63, 3.8) is 0 Å². The second-order valence-corrected chi connectivity index (χ2v) is 7.54. The maximum Gasteiger partial charge on any atom is 0.137 e. The number of hydrogen-bond donors (Lipinski definition) is 1. The Bertz CT molecular complexity index is 1130. The summed E-state index contributed by atoms with van der Waals surface area (Å²) in [5, 5.41) is 9.01. The van der Waals surface area contributed by atoms with Gasteiger partial charge in [0.15, 0.2) is 0 Å². The van der Waals surface area contributed by atoms with Gasteiger partial charge in [0.2, 0.25) is 0 Å². The molecule has 0 aliphatic rings. The monoisotopic (exact) mass is 393 g/mol. The van der Waals surface area contributed by atoms with Crippen LogP contribution in [0, 0.1) is 20.8 Å². The molecule has 6 heteroatoms. The molecule has 0 aliphatic heterocycles. The molecule has 0 aliphatic carbocycles. The van der Waals surface area contributed by atoms with Crippen LogP contribution in [0.15, 0.2) is 48.7 Å². The molecule has 0 spiro atoms. The Labute approximate surface area is 170 Å². The number of halogens is 1. The summed E-state index contributed by atoms with van der Waals surface area (Å²) in [6, 6.07) is 14.1. The van der Waals surface area contributed by atoms with Crippen LogP contribution >= 0.6 is 11.6 Å². The molecule has 28 heavy (non-hydrogen) atoms. The van der Waals surface area contributed by atoms with E-state index in [2.05, 4.69) is 47.7 Å². The van der Waals surface area contributed by atoms with Crippen molar-refractivity contribution in [3.8, 4) is 0 Å². The summed E-state index contributed by atoms with van der Waals surface area (Å²) in [5.41, 5.74) is 7.72. The maximum absolute atomic E-state index is 6.31. The van der Waals surface area contributed by atoms with Crippen LogP contribution in [0.5, 0.6) is 0 Å². The Balaban J connectivity index is 1.45. The van der Waals surface area contributed by atoms with E-state index < -0.39 is 0 Å². The van der Waals surface area contributed by atoms with Crippen molar-refractivity contribution >= 4 is 17.2 Å². The van der Waals surface area contributed by atoms with Gasteiger partial charge in [-0.25, -0.2) is 4.98 Å². The van der Waals surface area contributed by atoms with Gasteiger partial charge in [-0.05, 0) is 44.5 Å². The summed E-state index contributed by atoms with van der Waals surface area (Å²) in [4.78, 5) is 4.69. The second-order valence-electron chi connectivity index (χ2n) is 7.13. The summed E-state index contributed by atoms with van der Waals surface area (Å²) in [6.07, 6.45) is 2.10. The number of nitrogens with one attached hydrogen (secondary N) is 1. The molecule has 0 saturated heterocycles.